The van der Waals surface area contributed by atoms with Gasteiger partial charge in [-0.1, -0.05) is 36.5 Å². The Balaban J connectivity index is 2.83. The van der Waals surface area contributed by atoms with Gasteiger partial charge in [0, 0.05) is 17.1 Å². The third-order valence-electron chi connectivity index (χ3n) is 1.86. The highest BCUT2D eigenvalue weighted by atomic mass is 32.1. The summed E-state index contributed by atoms with van der Waals surface area (Å²) in [4.78, 5) is 4.27. The molecule has 0 radical (unpaired) electrons. The fraction of sp³-hybridized carbons (Fsp3) is 0. The van der Waals surface area contributed by atoms with Crippen LogP contribution >= 0.6 is 24.8 Å². The van der Waals surface area contributed by atoms with Crippen molar-refractivity contribution in [1.29, 1.82) is 0 Å². The van der Waals surface area contributed by atoms with Crippen LogP contribution in [0.4, 0.5) is 0 Å². The van der Waals surface area contributed by atoms with Gasteiger partial charge in [0.05, 0.1) is 9.71 Å². The van der Waals surface area contributed by atoms with E-state index in [1.165, 1.54) is 0 Å². The van der Waals surface area contributed by atoms with Gasteiger partial charge in [-0.3, -0.25) is 4.98 Å². The molecule has 0 amide bonds. The molecule has 0 spiro atoms. The van der Waals surface area contributed by atoms with Crippen LogP contribution in [0, 0.1) is 0 Å². The third-order valence-corrected chi connectivity index (χ3v) is 2.32. The maximum Gasteiger partial charge on any atom is 0.0793 e. The highest BCUT2D eigenvalue weighted by Gasteiger charge is 2.02. The van der Waals surface area contributed by atoms with Crippen LogP contribution in [0.1, 0.15) is 5.56 Å². The van der Waals surface area contributed by atoms with Crippen LogP contribution in [0.2, 0.25) is 0 Å². The Bertz CT molecular complexity index is 460. The number of nitrogens with zero attached hydrogens (tertiary/aromatic N) is 1. The van der Waals surface area contributed by atoms with E-state index in [1.807, 2.05) is 30.3 Å². The maximum atomic E-state index is 5.01. The molecule has 0 fully saturated rings. The van der Waals surface area contributed by atoms with Crippen molar-refractivity contribution >= 4 is 39.9 Å². The molecule has 2 rings (SSSR count). The Morgan fingerprint density at radius 1 is 1.23 bits per heavy atom. The topological polar surface area (TPSA) is 12.9 Å². The first-order valence-corrected chi connectivity index (χ1v) is 4.71. The summed E-state index contributed by atoms with van der Waals surface area (Å²) in [6, 6.07) is 9.83. The molecule has 1 aromatic carbocycles. The molecule has 0 N–H and O–H groups in total. The molecule has 3 heteroatoms. The molecule has 64 valence electrons. The zero-order chi connectivity index (χ0) is 9.26. The Morgan fingerprint density at radius 2 is 2.00 bits per heavy atom. The number of rotatable bonds is 1. The van der Waals surface area contributed by atoms with E-state index in [2.05, 4.69) is 17.6 Å². The van der Waals surface area contributed by atoms with Gasteiger partial charge < -0.3 is 0 Å². The molecule has 0 saturated carbocycles. The van der Waals surface area contributed by atoms with Crippen molar-refractivity contribution < 1.29 is 0 Å². The van der Waals surface area contributed by atoms with Gasteiger partial charge in [0.2, 0.25) is 0 Å². The molecule has 0 aliphatic rings. The van der Waals surface area contributed by atoms with Crippen LogP contribution in [-0.4, -0.2) is 9.18 Å². The second-order valence-electron chi connectivity index (χ2n) is 2.69. The van der Waals surface area contributed by atoms with Crippen LogP contribution < -0.4 is 0 Å². The molecule has 1 heterocycles. The van der Waals surface area contributed by atoms with Gasteiger partial charge in [-0.15, -0.1) is 12.6 Å². The second-order valence-corrected chi connectivity index (χ2v) is 3.84. The maximum absolute atomic E-state index is 5.01. The SMILES string of the molecule is S=C(S)c1cccc2cccnc12. The number of thiol groups is 1. The lowest BCUT2D eigenvalue weighted by Gasteiger charge is -2.01. The summed E-state index contributed by atoms with van der Waals surface area (Å²) in [6.07, 6.45) is 1.76. The molecule has 1 aromatic heterocycles. The lowest BCUT2D eigenvalue weighted by Crippen LogP contribution is -1.90. The van der Waals surface area contributed by atoms with Gasteiger partial charge in [-0.2, -0.15) is 0 Å². The van der Waals surface area contributed by atoms with Crippen molar-refractivity contribution in [3.05, 3.63) is 42.1 Å². The van der Waals surface area contributed by atoms with Crippen LogP contribution in [0.15, 0.2) is 36.5 Å². The van der Waals surface area contributed by atoms with Crippen molar-refractivity contribution in [3.63, 3.8) is 0 Å². The zero-order valence-corrected chi connectivity index (χ0v) is 8.48. The second kappa shape index (κ2) is 3.44. The van der Waals surface area contributed by atoms with Gasteiger partial charge >= 0.3 is 0 Å². The minimum absolute atomic E-state index is 0.587. The molecule has 0 saturated heterocycles. The van der Waals surface area contributed by atoms with E-state index >= 15 is 0 Å². The number of benzene rings is 1. The Kier molecular flexibility index (Phi) is 2.29. The quantitative estimate of drug-likeness (QED) is 0.568. The predicted molar refractivity (Wildman–Crippen MR) is 62.4 cm³/mol. The monoisotopic (exact) mass is 205 g/mol. The van der Waals surface area contributed by atoms with Crippen molar-refractivity contribution in [2.45, 2.75) is 0 Å². The van der Waals surface area contributed by atoms with Gasteiger partial charge in [0.1, 0.15) is 0 Å². The number of thiocarbonyl (C=S) groups is 1. The molecule has 0 aliphatic heterocycles. The zero-order valence-electron chi connectivity index (χ0n) is 6.77. The summed E-state index contributed by atoms with van der Waals surface area (Å²) in [5.74, 6) is 0. The van der Waals surface area contributed by atoms with Crippen LogP contribution in [0.5, 0.6) is 0 Å². The molecular formula is C10H7NS2. The molecular weight excluding hydrogens is 198 g/mol. The Labute approximate surface area is 87.2 Å². The number of hydrogen-bond donors (Lipinski definition) is 1. The summed E-state index contributed by atoms with van der Waals surface area (Å²) in [5, 5.41) is 1.09. The van der Waals surface area contributed by atoms with E-state index in [1.54, 1.807) is 6.20 Å². The molecule has 2 aromatic rings. The van der Waals surface area contributed by atoms with Gasteiger partial charge in [-0.05, 0) is 6.07 Å². The highest BCUT2D eigenvalue weighted by Crippen LogP contribution is 2.17. The van der Waals surface area contributed by atoms with Crippen LogP contribution in [0.3, 0.4) is 0 Å². The number of para-hydroxylation sites is 1. The highest BCUT2D eigenvalue weighted by molar-refractivity contribution is 8.11. The summed E-state index contributed by atoms with van der Waals surface area (Å²) < 4.78 is 0.587. The lowest BCUT2D eigenvalue weighted by atomic mass is 10.1. The van der Waals surface area contributed by atoms with Crippen molar-refractivity contribution in [1.82, 2.24) is 4.98 Å². The first-order valence-electron chi connectivity index (χ1n) is 3.86. The minimum atomic E-state index is 0.587. The fourth-order valence-electron chi connectivity index (χ4n) is 1.28. The molecule has 0 atom stereocenters. The molecule has 1 nitrogen and oxygen atoms in total. The average molecular weight is 205 g/mol. The van der Waals surface area contributed by atoms with Crippen LogP contribution in [0.25, 0.3) is 10.9 Å². The molecule has 0 bridgehead atoms. The minimum Gasteiger partial charge on any atom is -0.256 e. The third kappa shape index (κ3) is 1.57. The summed E-state index contributed by atoms with van der Waals surface area (Å²) >= 11 is 9.17. The van der Waals surface area contributed by atoms with Crippen molar-refractivity contribution in [2.75, 3.05) is 0 Å². The van der Waals surface area contributed by atoms with E-state index in [0.717, 1.165) is 16.5 Å². The fourth-order valence-corrected chi connectivity index (χ4v) is 1.62. The standard InChI is InChI=1S/C10H7NS2/c12-10(13)8-5-1-3-7-4-2-6-11-9(7)8/h1-6H,(H,12,13). The normalized spacial score (nSPS) is 10.2. The van der Waals surface area contributed by atoms with Gasteiger partial charge in [-0.25, -0.2) is 0 Å². The average Bonchev–Trinajstić information content (AvgIpc) is 2.17. The lowest BCUT2D eigenvalue weighted by molar-refractivity contribution is 1.41. The number of pyridine rings is 1. The summed E-state index contributed by atoms with van der Waals surface area (Å²) in [6.45, 7) is 0. The van der Waals surface area contributed by atoms with E-state index in [9.17, 15) is 0 Å². The van der Waals surface area contributed by atoms with E-state index in [4.69, 9.17) is 12.2 Å². The summed E-state index contributed by atoms with van der Waals surface area (Å²) in [5.41, 5.74) is 1.85. The van der Waals surface area contributed by atoms with Crippen LogP contribution in [-0.2, 0) is 0 Å². The smallest absolute Gasteiger partial charge is 0.0793 e. The van der Waals surface area contributed by atoms with Crippen molar-refractivity contribution in [2.24, 2.45) is 0 Å². The first-order chi connectivity index (χ1) is 6.29. The Hall–Kier alpha value is -0.930. The number of hydrogen-bond acceptors (Lipinski definition) is 2. The van der Waals surface area contributed by atoms with E-state index in [0.29, 0.717) is 4.20 Å². The number of aromatic nitrogens is 1. The van der Waals surface area contributed by atoms with Crippen molar-refractivity contribution in [3.8, 4) is 0 Å². The number of fused-ring (bicyclic) bond motifs is 1. The first kappa shape index (κ1) is 8.66. The molecule has 0 aliphatic carbocycles. The predicted octanol–water partition coefficient (Wildman–Crippen LogP) is 2.84. The molecule has 0 unspecified atom stereocenters. The summed E-state index contributed by atoms with van der Waals surface area (Å²) in [7, 11) is 0. The van der Waals surface area contributed by atoms with Gasteiger partial charge in [0.15, 0.2) is 0 Å². The van der Waals surface area contributed by atoms with Gasteiger partial charge in [0.25, 0.3) is 0 Å². The van der Waals surface area contributed by atoms with E-state index < -0.39 is 0 Å². The molecule has 13 heavy (non-hydrogen) atoms. The van der Waals surface area contributed by atoms with E-state index in [-0.39, 0.29) is 0 Å². The Morgan fingerprint density at radius 3 is 2.77 bits per heavy atom. The largest absolute Gasteiger partial charge is 0.256 e.